The van der Waals surface area contributed by atoms with E-state index in [4.69, 9.17) is 5.73 Å². The first-order chi connectivity index (χ1) is 9.91. The van der Waals surface area contributed by atoms with Gasteiger partial charge in [0.15, 0.2) is 5.78 Å². The maximum atomic E-state index is 12.5. The number of ketones is 1. The molecule has 110 valence electrons. The van der Waals surface area contributed by atoms with Crippen molar-refractivity contribution in [1.82, 2.24) is 0 Å². The highest BCUT2D eigenvalue weighted by Gasteiger charge is 2.30. The minimum atomic E-state index is -4.40. The van der Waals surface area contributed by atoms with Crippen LogP contribution in [0.3, 0.4) is 0 Å². The fourth-order valence-electron chi connectivity index (χ4n) is 2.05. The second kappa shape index (κ2) is 6.10. The molecule has 2 aromatic rings. The Morgan fingerprint density at radius 2 is 1.52 bits per heavy atom. The van der Waals surface area contributed by atoms with Crippen LogP contribution in [0, 0.1) is 0 Å². The molecule has 2 nitrogen and oxygen atoms in total. The monoisotopic (exact) mass is 293 g/mol. The second-order valence-corrected chi connectivity index (χ2v) is 4.65. The minimum Gasteiger partial charge on any atom is -0.326 e. The summed E-state index contributed by atoms with van der Waals surface area (Å²) in [5.41, 5.74) is 6.75. The quantitative estimate of drug-likeness (QED) is 0.875. The van der Waals surface area contributed by atoms with Crippen LogP contribution in [0.1, 0.15) is 27.0 Å². The summed E-state index contributed by atoms with van der Waals surface area (Å²) in [6.07, 6.45) is -4.27. The molecular formula is C16H14F3NO. The van der Waals surface area contributed by atoms with E-state index in [-0.39, 0.29) is 17.8 Å². The van der Waals surface area contributed by atoms with Gasteiger partial charge < -0.3 is 5.73 Å². The number of hydrogen-bond acceptors (Lipinski definition) is 2. The molecule has 21 heavy (non-hydrogen) atoms. The topological polar surface area (TPSA) is 43.1 Å². The zero-order chi connectivity index (χ0) is 15.5. The molecule has 0 fully saturated rings. The Kier molecular flexibility index (Phi) is 4.43. The lowest BCUT2D eigenvalue weighted by Crippen LogP contribution is -2.09. The van der Waals surface area contributed by atoms with Crippen molar-refractivity contribution in [1.29, 1.82) is 0 Å². The van der Waals surface area contributed by atoms with Crippen LogP contribution >= 0.6 is 0 Å². The molecule has 5 heteroatoms. The molecule has 0 aliphatic carbocycles. The fraction of sp³-hybridized carbons (Fsp3) is 0.188. The van der Waals surface area contributed by atoms with E-state index in [0.29, 0.717) is 6.54 Å². The number of rotatable bonds is 4. The standard InChI is InChI=1S/C16H14F3NO/c17-16(18,19)14-7-5-11(6-8-14)15(21)9-12-3-1-2-4-13(12)10-20/h1-8H,9-10,20H2. The van der Waals surface area contributed by atoms with E-state index in [1.54, 1.807) is 12.1 Å². The summed E-state index contributed by atoms with van der Waals surface area (Å²) < 4.78 is 37.4. The maximum absolute atomic E-state index is 12.5. The number of benzene rings is 2. The summed E-state index contributed by atoms with van der Waals surface area (Å²) in [4.78, 5) is 12.1. The van der Waals surface area contributed by atoms with Crippen molar-refractivity contribution in [3.8, 4) is 0 Å². The van der Waals surface area contributed by atoms with Crippen LogP contribution in [-0.2, 0) is 19.1 Å². The first kappa shape index (κ1) is 15.3. The predicted molar refractivity (Wildman–Crippen MR) is 73.8 cm³/mol. The summed E-state index contributed by atoms with van der Waals surface area (Å²) in [5.74, 6) is -0.232. The van der Waals surface area contributed by atoms with Crippen LogP contribution in [0.2, 0.25) is 0 Å². The van der Waals surface area contributed by atoms with E-state index in [2.05, 4.69) is 0 Å². The van der Waals surface area contributed by atoms with Gasteiger partial charge >= 0.3 is 6.18 Å². The lowest BCUT2D eigenvalue weighted by atomic mass is 9.98. The number of halogens is 3. The van der Waals surface area contributed by atoms with Gasteiger partial charge in [0.2, 0.25) is 0 Å². The SMILES string of the molecule is NCc1ccccc1CC(=O)c1ccc(C(F)(F)F)cc1. The summed E-state index contributed by atoms with van der Waals surface area (Å²) >= 11 is 0. The van der Waals surface area contributed by atoms with E-state index in [0.717, 1.165) is 23.3 Å². The molecule has 0 aliphatic heterocycles. The summed E-state index contributed by atoms with van der Waals surface area (Å²) in [6, 6.07) is 11.5. The van der Waals surface area contributed by atoms with Gasteiger partial charge in [0.25, 0.3) is 0 Å². The zero-order valence-electron chi connectivity index (χ0n) is 11.2. The maximum Gasteiger partial charge on any atom is 0.416 e. The molecule has 0 radical (unpaired) electrons. The highest BCUT2D eigenvalue weighted by molar-refractivity contribution is 5.97. The van der Waals surface area contributed by atoms with Crippen molar-refractivity contribution >= 4 is 5.78 Å². The van der Waals surface area contributed by atoms with Crippen LogP contribution in [0.4, 0.5) is 13.2 Å². The van der Waals surface area contributed by atoms with Crippen molar-refractivity contribution < 1.29 is 18.0 Å². The van der Waals surface area contributed by atoms with Crippen LogP contribution < -0.4 is 5.73 Å². The molecule has 2 rings (SSSR count). The molecular weight excluding hydrogens is 279 g/mol. The van der Waals surface area contributed by atoms with Crippen LogP contribution in [0.5, 0.6) is 0 Å². The molecule has 0 unspecified atom stereocenters. The van der Waals surface area contributed by atoms with Crippen LogP contribution in [0.25, 0.3) is 0 Å². The third-order valence-electron chi connectivity index (χ3n) is 3.22. The fourth-order valence-corrected chi connectivity index (χ4v) is 2.05. The molecule has 0 bridgehead atoms. The van der Waals surface area contributed by atoms with E-state index in [9.17, 15) is 18.0 Å². The van der Waals surface area contributed by atoms with Gasteiger partial charge in [0.1, 0.15) is 0 Å². The molecule has 0 spiro atoms. The highest BCUT2D eigenvalue weighted by Crippen LogP contribution is 2.29. The van der Waals surface area contributed by atoms with Gasteiger partial charge in [-0.2, -0.15) is 13.2 Å². The number of carbonyl (C=O) groups is 1. The molecule has 0 heterocycles. The molecule has 0 aliphatic rings. The third-order valence-corrected chi connectivity index (χ3v) is 3.22. The van der Waals surface area contributed by atoms with E-state index >= 15 is 0 Å². The summed E-state index contributed by atoms with van der Waals surface area (Å²) in [7, 11) is 0. The molecule has 0 saturated heterocycles. The van der Waals surface area contributed by atoms with Crippen molar-refractivity contribution in [2.75, 3.05) is 0 Å². The summed E-state index contributed by atoms with van der Waals surface area (Å²) in [6.45, 7) is 0.316. The Morgan fingerprint density at radius 1 is 0.952 bits per heavy atom. The number of Topliss-reactive ketones (excluding diaryl/α,β-unsaturated/α-hetero) is 1. The average molecular weight is 293 g/mol. The summed E-state index contributed by atoms with van der Waals surface area (Å²) in [5, 5.41) is 0. The van der Waals surface area contributed by atoms with Gasteiger partial charge in [0.05, 0.1) is 5.56 Å². The average Bonchev–Trinajstić information content (AvgIpc) is 2.47. The van der Waals surface area contributed by atoms with E-state index < -0.39 is 11.7 Å². The molecule has 0 amide bonds. The largest absolute Gasteiger partial charge is 0.416 e. The van der Waals surface area contributed by atoms with Gasteiger partial charge in [0, 0.05) is 18.5 Å². The van der Waals surface area contributed by atoms with Crippen molar-refractivity contribution in [2.45, 2.75) is 19.1 Å². The predicted octanol–water partition coefficient (Wildman–Crippen LogP) is 3.59. The van der Waals surface area contributed by atoms with Crippen molar-refractivity contribution in [3.05, 3.63) is 70.8 Å². The van der Waals surface area contributed by atoms with Gasteiger partial charge in [-0.05, 0) is 23.3 Å². The number of nitrogens with two attached hydrogens (primary N) is 1. The Labute approximate surface area is 120 Å². The Morgan fingerprint density at radius 3 is 2.05 bits per heavy atom. The van der Waals surface area contributed by atoms with Gasteiger partial charge in [-0.15, -0.1) is 0 Å². The van der Waals surface area contributed by atoms with Gasteiger partial charge in [-0.1, -0.05) is 36.4 Å². The minimum absolute atomic E-state index is 0.124. The second-order valence-electron chi connectivity index (χ2n) is 4.65. The third kappa shape index (κ3) is 3.70. The van der Waals surface area contributed by atoms with Crippen LogP contribution in [0.15, 0.2) is 48.5 Å². The van der Waals surface area contributed by atoms with Crippen molar-refractivity contribution in [2.24, 2.45) is 5.73 Å². The smallest absolute Gasteiger partial charge is 0.326 e. The van der Waals surface area contributed by atoms with E-state index in [1.165, 1.54) is 12.1 Å². The Bertz CT molecular complexity index is 633. The molecule has 2 aromatic carbocycles. The first-order valence-corrected chi connectivity index (χ1v) is 6.39. The molecule has 2 N–H and O–H groups in total. The number of hydrogen-bond donors (Lipinski definition) is 1. The Balaban J connectivity index is 2.17. The first-order valence-electron chi connectivity index (χ1n) is 6.39. The van der Waals surface area contributed by atoms with Gasteiger partial charge in [-0.3, -0.25) is 4.79 Å². The lowest BCUT2D eigenvalue weighted by molar-refractivity contribution is -0.137. The zero-order valence-corrected chi connectivity index (χ0v) is 11.2. The van der Waals surface area contributed by atoms with Crippen molar-refractivity contribution in [3.63, 3.8) is 0 Å². The van der Waals surface area contributed by atoms with E-state index in [1.807, 2.05) is 12.1 Å². The Hall–Kier alpha value is -2.14. The molecule has 0 atom stereocenters. The molecule has 0 saturated carbocycles. The number of alkyl halides is 3. The van der Waals surface area contributed by atoms with Crippen LogP contribution in [-0.4, -0.2) is 5.78 Å². The number of carbonyl (C=O) groups excluding carboxylic acids is 1. The molecule has 0 aromatic heterocycles. The lowest BCUT2D eigenvalue weighted by Gasteiger charge is -2.09. The van der Waals surface area contributed by atoms with Gasteiger partial charge in [-0.25, -0.2) is 0 Å². The highest BCUT2D eigenvalue weighted by atomic mass is 19.4. The normalized spacial score (nSPS) is 11.4.